The van der Waals surface area contributed by atoms with Crippen LogP contribution in [0, 0.1) is 0 Å². The van der Waals surface area contributed by atoms with E-state index in [1.165, 1.54) is 0 Å². The van der Waals surface area contributed by atoms with E-state index in [1.54, 1.807) is 0 Å². The lowest BCUT2D eigenvalue weighted by Gasteiger charge is -2.24. The molecule has 0 saturated heterocycles. The molecular weight excluding hydrogens is 435 g/mol. The Kier molecular flexibility index (Phi) is 10.3. The van der Waals surface area contributed by atoms with Crippen molar-refractivity contribution in [2.45, 2.75) is 69.8 Å². The van der Waals surface area contributed by atoms with E-state index in [9.17, 15) is 36.3 Å². The molecule has 0 bridgehead atoms. The van der Waals surface area contributed by atoms with Crippen molar-refractivity contribution in [3.05, 3.63) is 12.2 Å². The van der Waals surface area contributed by atoms with Gasteiger partial charge >= 0.3 is 30.0 Å². The molecule has 31 heavy (non-hydrogen) atoms. The number of ether oxygens (including phenoxy) is 4. The largest absolute Gasteiger partial charge is 0.453 e. The van der Waals surface area contributed by atoms with Crippen LogP contribution in [-0.2, 0) is 33.3 Å². The van der Waals surface area contributed by atoms with Crippen LogP contribution in [0.15, 0.2) is 12.2 Å². The standard InChI is InChI=1S/C19H25F5O7/c1-3-14(19(23,24)17(27)30-11-18(20,21)22)31-15(25)10-29-16(26)12(2)9-28-13-7-5-4-6-8-13/h13-14H,2-11H2,1H3. The molecular formula is C19H25F5O7. The molecule has 0 aromatic carbocycles. The van der Waals surface area contributed by atoms with Gasteiger partial charge in [-0.25, -0.2) is 14.4 Å². The Labute approximate surface area is 175 Å². The number of hydrogen-bond acceptors (Lipinski definition) is 7. The van der Waals surface area contributed by atoms with E-state index in [4.69, 9.17) is 4.74 Å². The van der Waals surface area contributed by atoms with Crippen LogP contribution in [-0.4, -0.2) is 62.0 Å². The number of hydrogen-bond donors (Lipinski definition) is 0. The number of halogens is 5. The summed E-state index contributed by atoms with van der Waals surface area (Å²) < 4.78 is 82.1. The van der Waals surface area contributed by atoms with Crippen LogP contribution in [0.2, 0.25) is 0 Å². The Morgan fingerprint density at radius 3 is 2.16 bits per heavy atom. The Morgan fingerprint density at radius 2 is 1.61 bits per heavy atom. The zero-order chi connectivity index (χ0) is 23.7. The van der Waals surface area contributed by atoms with E-state index < -0.39 is 55.7 Å². The third kappa shape index (κ3) is 9.62. The van der Waals surface area contributed by atoms with Crippen molar-refractivity contribution in [1.29, 1.82) is 0 Å². The molecule has 0 aromatic rings. The smallest absolute Gasteiger partial charge is 0.422 e. The normalized spacial score (nSPS) is 16.3. The van der Waals surface area contributed by atoms with Gasteiger partial charge in [-0.15, -0.1) is 0 Å². The Bertz CT molecular complexity index is 642. The van der Waals surface area contributed by atoms with Gasteiger partial charge in [0.25, 0.3) is 0 Å². The van der Waals surface area contributed by atoms with Gasteiger partial charge in [-0.1, -0.05) is 32.8 Å². The molecule has 0 aliphatic heterocycles. The number of esters is 3. The number of alkyl halides is 5. The Hall–Kier alpha value is -2.24. The first-order valence-electron chi connectivity index (χ1n) is 9.64. The lowest BCUT2D eigenvalue weighted by molar-refractivity contribution is -0.218. The molecule has 7 nitrogen and oxygen atoms in total. The minimum absolute atomic E-state index is 0.00656. The van der Waals surface area contributed by atoms with Crippen LogP contribution in [0.5, 0.6) is 0 Å². The fourth-order valence-corrected chi connectivity index (χ4v) is 2.72. The van der Waals surface area contributed by atoms with Crippen molar-refractivity contribution in [3.63, 3.8) is 0 Å². The van der Waals surface area contributed by atoms with E-state index in [0.717, 1.165) is 39.0 Å². The van der Waals surface area contributed by atoms with Gasteiger partial charge in [-0.05, 0) is 19.3 Å². The molecule has 1 rings (SSSR count). The van der Waals surface area contributed by atoms with Crippen molar-refractivity contribution in [2.24, 2.45) is 0 Å². The van der Waals surface area contributed by atoms with E-state index in [2.05, 4.69) is 20.8 Å². The predicted molar refractivity (Wildman–Crippen MR) is 95.1 cm³/mol. The van der Waals surface area contributed by atoms with Gasteiger partial charge in [0.2, 0.25) is 0 Å². The summed E-state index contributed by atoms with van der Waals surface area (Å²) in [4.78, 5) is 34.8. The number of carbonyl (C=O) groups excluding carboxylic acids is 3. The highest BCUT2D eigenvalue weighted by molar-refractivity contribution is 5.89. The van der Waals surface area contributed by atoms with E-state index in [0.29, 0.717) is 0 Å². The van der Waals surface area contributed by atoms with Crippen LogP contribution in [0.4, 0.5) is 22.0 Å². The maximum atomic E-state index is 14.0. The van der Waals surface area contributed by atoms with Crippen molar-refractivity contribution in [1.82, 2.24) is 0 Å². The first-order chi connectivity index (χ1) is 14.4. The highest BCUT2D eigenvalue weighted by atomic mass is 19.4. The van der Waals surface area contributed by atoms with Gasteiger partial charge in [0.15, 0.2) is 19.3 Å². The van der Waals surface area contributed by atoms with Crippen LogP contribution in [0.1, 0.15) is 45.4 Å². The highest BCUT2D eigenvalue weighted by Gasteiger charge is 2.51. The summed E-state index contributed by atoms with van der Waals surface area (Å²) in [7, 11) is 0. The molecule has 0 spiro atoms. The zero-order valence-electron chi connectivity index (χ0n) is 17.0. The molecule has 0 N–H and O–H groups in total. The van der Waals surface area contributed by atoms with Crippen molar-refractivity contribution in [2.75, 3.05) is 19.8 Å². The third-order valence-corrected chi connectivity index (χ3v) is 4.34. The van der Waals surface area contributed by atoms with Crippen LogP contribution in [0.3, 0.4) is 0 Å². The summed E-state index contributed by atoms with van der Waals surface area (Å²) in [6.07, 6.45) is -3.18. The summed E-state index contributed by atoms with van der Waals surface area (Å²) in [6.45, 7) is 1.18. The molecule has 0 aromatic heterocycles. The monoisotopic (exact) mass is 460 g/mol. The second-order valence-electron chi connectivity index (χ2n) is 6.95. The van der Waals surface area contributed by atoms with Gasteiger partial charge in [0.05, 0.1) is 18.3 Å². The van der Waals surface area contributed by atoms with E-state index >= 15 is 0 Å². The van der Waals surface area contributed by atoms with Crippen LogP contribution >= 0.6 is 0 Å². The molecule has 1 unspecified atom stereocenters. The van der Waals surface area contributed by atoms with Gasteiger partial charge in [-0.2, -0.15) is 22.0 Å². The van der Waals surface area contributed by atoms with E-state index in [-0.39, 0.29) is 18.3 Å². The summed E-state index contributed by atoms with van der Waals surface area (Å²) in [6, 6.07) is 0. The molecule has 0 heterocycles. The molecule has 1 aliphatic carbocycles. The maximum absolute atomic E-state index is 14.0. The highest BCUT2D eigenvalue weighted by Crippen LogP contribution is 2.27. The molecule has 1 saturated carbocycles. The fraction of sp³-hybridized carbons (Fsp3) is 0.737. The molecule has 12 heteroatoms. The second-order valence-corrected chi connectivity index (χ2v) is 6.95. The number of carbonyl (C=O) groups is 3. The lowest BCUT2D eigenvalue weighted by atomic mass is 9.98. The molecule has 0 radical (unpaired) electrons. The van der Waals surface area contributed by atoms with Crippen LogP contribution in [0.25, 0.3) is 0 Å². The van der Waals surface area contributed by atoms with Crippen molar-refractivity contribution >= 4 is 17.9 Å². The average Bonchev–Trinajstić information content (AvgIpc) is 2.72. The fourth-order valence-electron chi connectivity index (χ4n) is 2.72. The maximum Gasteiger partial charge on any atom is 0.422 e. The van der Waals surface area contributed by atoms with Gasteiger partial charge in [0, 0.05) is 0 Å². The third-order valence-electron chi connectivity index (χ3n) is 4.34. The zero-order valence-corrected chi connectivity index (χ0v) is 17.0. The minimum Gasteiger partial charge on any atom is -0.453 e. The first-order valence-corrected chi connectivity index (χ1v) is 9.64. The van der Waals surface area contributed by atoms with Crippen molar-refractivity contribution in [3.8, 4) is 0 Å². The average molecular weight is 460 g/mol. The topological polar surface area (TPSA) is 88.1 Å². The molecule has 178 valence electrons. The number of rotatable bonds is 11. The van der Waals surface area contributed by atoms with Gasteiger partial charge < -0.3 is 18.9 Å². The van der Waals surface area contributed by atoms with Gasteiger partial charge in [0.1, 0.15) is 0 Å². The molecule has 0 amide bonds. The Morgan fingerprint density at radius 1 is 1.00 bits per heavy atom. The summed E-state index contributed by atoms with van der Waals surface area (Å²) >= 11 is 0. The predicted octanol–water partition coefficient (Wildman–Crippen LogP) is 3.50. The summed E-state index contributed by atoms with van der Waals surface area (Å²) in [5.41, 5.74) is -0.0912. The molecule has 1 aliphatic rings. The SMILES string of the molecule is C=C(COC1CCCCC1)C(=O)OCC(=O)OC(CC)C(F)(F)C(=O)OCC(F)(F)F. The lowest BCUT2D eigenvalue weighted by Crippen LogP contribution is -2.46. The quantitative estimate of drug-likeness (QED) is 0.202. The van der Waals surface area contributed by atoms with E-state index in [1.807, 2.05) is 0 Å². The van der Waals surface area contributed by atoms with Crippen molar-refractivity contribution < 1.29 is 55.3 Å². The minimum atomic E-state index is -5.00. The first kappa shape index (κ1) is 26.8. The second kappa shape index (κ2) is 12.0. The Balaban J connectivity index is 2.46. The molecule has 1 fully saturated rings. The molecule has 1 atom stereocenters. The summed E-state index contributed by atoms with van der Waals surface area (Å²) in [5.74, 6) is -9.45. The van der Waals surface area contributed by atoms with Gasteiger partial charge in [-0.3, -0.25) is 0 Å². The van der Waals surface area contributed by atoms with Crippen LogP contribution < -0.4 is 0 Å². The summed E-state index contributed by atoms with van der Waals surface area (Å²) in [5, 5.41) is 0.